The van der Waals surface area contributed by atoms with E-state index in [9.17, 15) is 10.1 Å². The number of hydrogen-bond donors (Lipinski definition) is 0. The van der Waals surface area contributed by atoms with Crippen molar-refractivity contribution in [3.63, 3.8) is 0 Å². The quantitative estimate of drug-likeness (QED) is 0.669. The molecule has 0 spiro atoms. The third-order valence-corrected chi connectivity index (χ3v) is 3.60. The Hall–Kier alpha value is -1.12. The van der Waals surface area contributed by atoms with Crippen molar-refractivity contribution in [3.05, 3.63) is 0 Å². The van der Waals surface area contributed by atoms with Crippen LogP contribution in [0.2, 0.25) is 0 Å². The first-order chi connectivity index (χ1) is 8.19. The van der Waals surface area contributed by atoms with Crippen molar-refractivity contribution in [2.24, 2.45) is 5.41 Å². The van der Waals surface area contributed by atoms with Crippen LogP contribution in [0.5, 0.6) is 0 Å². The van der Waals surface area contributed by atoms with Crippen molar-refractivity contribution in [3.8, 4) is 6.07 Å². The minimum absolute atomic E-state index is 0.0425. The van der Waals surface area contributed by atoms with Gasteiger partial charge < -0.3 is 14.4 Å². The summed E-state index contributed by atoms with van der Waals surface area (Å²) in [6.45, 7) is 4.67. The SMILES string of the molecule is C[C@@H]1COCCN1C(=O)C1(C#N)CCOCC1. The first-order valence-corrected chi connectivity index (χ1v) is 6.07. The highest BCUT2D eigenvalue weighted by atomic mass is 16.5. The van der Waals surface area contributed by atoms with Crippen LogP contribution >= 0.6 is 0 Å². The Balaban J connectivity index is 2.13. The van der Waals surface area contributed by atoms with Crippen LogP contribution in [0.15, 0.2) is 0 Å². The van der Waals surface area contributed by atoms with E-state index in [0.717, 1.165) is 0 Å². The standard InChI is InChI=1S/C12H18N2O3/c1-10-8-17-7-4-14(10)11(15)12(9-13)2-5-16-6-3-12/h10H,2-8H2,1H3/t10-/m1/s1. The van der Waals surface area contributed by atoms with Gasteiger partial charge in [0, 0.05) is 19.8 Å². The monoisotopic (exact) mass is 238 g/mol. The molecule has 0 unspecified atom stereocenters. The highest BCUT2D eigenvalue weighted by Crippen LogP contribution is 2.33. The van der Waals surface area contributed by atoms with E-state index in [1.165, 1.54) is 0 Å². The molecule has 17 heavy (non-hydrogen) atoms. The predicted molar refractivity (Wildman–Crippen MR) is 60.1 cm³/mol. The molecule has 2 heterocycles. The van der Waals surface area contributed by atoms with Crippen LogP contribution in [0.1, 0.15) is 19.8 Å². The first-order valence-electron chi connectivity index (χ1n) is 6.07. The number of rotatable bonds is 1. The minimum atomic E-state index is -0.871. The van der Waals surface area contributed by atoms with Crippen LogP contribution in [0.4, 0.5) is 0 Å². The zero-order chi connectivity index (χ0) is 12.3. The number of amides is 1. The molecule has 0 aromatic carbocycles. The maximum absolute atomic E-state index is 12.5. The molecule has 0 N–H and O–H groups in total. The van der Waals surface area contributed by atoms with Crippen molar-refractivity contribution in [1.29, 1.82) is 5.26 Å². The molecule has 94 valence electrons. The maximum Gasteiger partial charge on any atom is 0.243 e. The largest absolute Gasteiger partial charge is 0.381 e. The van der Waals surface area contributed by atoms with E-state index in [1.807, 2.05) is 6.92 Å². The second-order valence-electron chi connectivity index (χ2n) is 4.73. The lowest BCUT2D eigenvalue weighted by molar-refractivity contribution is -0.151. The zero-order valence-electron chi connectivity index (χ0n) is 10.1. The summed E-state index contributed by atoms with van der Waals surface area (Å²) in [6, 6.07) is 2.28. The van der Waals surface area contributed by atoms with Gasteiger partial charge in [-0.2, -0.15) is 5.26 Å². The summed E-state index contributed by atoms with van der Waals surface area (Å²) in [7, 11) is 0. The van der Waals surface area contributed by atoms with E-state index in [0.29, 0.717) is 45.8 Å². The van der Waals surface area contributed by atoms with Crippen molar-refractivity contribution in [2.75, 3.05) is 33.0 Å². The van der Waals surface area contributed by atoms with Crippen LogP contribution in [0, 0.1) is 16.7 Å². The Morgan fingerprint density at radius 1 is 1.35 bits per heavy atom. The Morgan fingerprint density at radius 2 is 2.06 bits per heavy atom. The number of carbonyl (C=O) groups excluding carboxylic acids is 1. The molecule has 0 aromatic rings. The molecule has 5 nitrogen and oxygen atoms in total. The molecule has 2 fully saturated rings. The number of morpholine rings is 1. The van der Waals surface area contributed by atoms with Gasteiger partial charge in [0.1, 0.15) is 5.41 Å². The van der Waals surface area contributed by atoms with E-state index < -0.39 is 5.41 Å². The number of nitrogens with zero attached hydrogens (tertiary/aromatic N) is 2. The third kappa shape index (κ3) is 2.28. The van der Waals surface area contributed by atoms with E-state index >= 15 is 0 Å². The molecular formula is C12H18N2O3. The van der Waals surface area contributed by atoms with Crippen molar-refractivity contribution < 1.29 is 14.3 Å². The van der Waals surface area contributed by atoms with E-state index in [4.69, 9.17) is 9.47 Å². The lowest BCUT2D eigenvalue weighted by Gasteiger charge is -2.39. The van der Waals surface area contributed by atoms with Crippen LogP contribution in [0.25, 0.3) is 0 Å². The number of carbonyl (C=O) groups is 1. The van der Waals surface area contributed by atoms with Gasteiger partial charge in [-0.1, -0.05) is 0 Å². The Bertz CT molecular complexity index is 331. The maximum atomic E-state index is 12.5. The topological polar surface area (TPSA) is 62.6 Å². The molecule has 0 aromatic heterocycles. The molecule has 1 amide bonds. The first kappa shape index (κ1) is 12.3. The average Bonchev–Trinajstić information content (AvgIpc) is 2.39. The van der Waals surface area contributed by atoms with Crippen LogP contribution in [-0.4, -0.2) is 49.8 Å². The lowest BCUT2D eigenvalue weighted by Crippen LogP contribution is -2.54. The van der Waals surface area contributed by atoms with Crippen molar-refractivity contribution in [1.82, 2.24) is 4.90 Å². The highest BCUT2D eigenvalue weighted by molar-refractivity contribution is 5.86. The summed E-state index contributed by atoms with van der Waals surface area (Å²) in [4.78, 5) is 14.3. The molecule has 2 aliphatic rings. The minimum Gasteiger partial charge on any atom is -0.381 e. The Kier molecular flexibility index (Phi) is 3.65. The van der Waals surface area contributed by atoms with Crippen molar-refractivity contribution in [2.45, 2.75) is 25.8 Å². The Labute approximate surface area is 101 Å². The highest BCUT2D eigenvalue weighted by Gasteiger charge is 2.44. The molecule has 0 bridgehead atoms. The van der Waals surface area contributed by atoms with Gasteiger partial charge in [0.2, 0.25) is 5.91 Å². The molecule has 0 radical (unpaired) electrons. The average molecular weight is 238 g/mol. The van der Waals surface area contributed by atoms with Crippen LogP contribution < -0.4 is 0 Å². The fourth-order valence-electron chi connectivity index (χ4n) is 2.40. The smallest absolute Gasteiger partial charge is 0.243 e. The normalized spacial score (nSPS) is 28.5. The summed E-state index contributed by atoms with van der Waals surface area (Å²) in [5.74, 6) is -0.0425. The summed E-state index contributed by atoms with van der Waals surface area (Å²) in [6.07, 6.45) is 1.01. The predicted octanol–water partition coefficient (Wildman–Crippen LogP) is 0.554. The van der Waals surface area contributed by atoms with Gasteiger partial charge in [-0.05, 0) is 19.8 Å². The molecule has 2 aliphatic heterocycles. The second-order valence-corrected chi connectivity index (χ2v) is 4.73. The van der Waals surface area contributed by atoms with E-state index in [-0.39, 0.29) is 11.9 Å². The number of ether oxygens (including phenoxy) is 2. The van der Waals surface area contributed by atoms with Gasteiger partial charge in [0.25, 0.3) is 0 Å². The summed E-state index contributed by atoms with van der Waals surface area (Å²) in [5.41, 5.74) is -0.871. The summed E-state index contributed by atoms with van der Waals surface area (Å²) >= 11 is 0. The number of nitriles is 1. The lowest BCUT2D eigenvalue weighted by atomic mass is 9.80. The molecule has 1 atom stereocenters. The summed E-state index contributed by atoms with van der Waals surface area (Å²) in [5, 5.41) is 9.34. The van der Waals surface area contributed by atoms with E-state index in [1.54, 1.807) is 4.90 Å². The van der Waals surface area contributed by atoms with Gasteiger partial charge >= 0.3 is 0 Å². The fraction of sp³-hybridized carbons (Fsp3) is 0.833. The van der Waals surface area contributed by atoms with Crippen LogP contribution in [-0.2, 0) is 14.3 Å². The molecule has 5 heteroatoms. The van der Waals surface area contributed by atoms with Gasteiger partial charge in [0.05, 0.1) is 25.3 Å². The van der Waals surface area contributed by atoms with Gasteiger partial charge in [-0.25, -0.2) is 0 Å². The van der Waals surface area contributed by atoms with E-state index in [2.05, 4.69) is 6.07 Å². The van der Waals surface area contributed by atoms with Gasteiger partial charge in [0.15, 0.2) is 0 Å². The van der Waals surface area contributed by atoms with Gasteiger partial charge in [-0.3, -0.25) is 4.79 Å². The molecule has 0 aliphatic carbocycles. The molecule has 0 saturated carbocycles. The summed E-state index contributed by atoms with van der Waals surface area (Å²) < 4.78 is 10.6. The zero-order valence-corrected chi connectivity index (χ0v) is 10.1. The Morgan fingerprint density at radius 3 is 2.65 bits per heavy atom. The fourth-order valence-corrected chi connectivity index (χ4v) is 2.40. The number of hydrogen-bond acceptors (Lipinski definition) is 4. The molecule has 2 saturated heterocycles. The molecule has 2 rings (SSSR count). The van der Waals surface area contributed by atoms with Crippen molar-refractivity contribution >= 4 is 5.91 Å². The second kappa shape index (κ2) is 5.03. The van der Waals surface area contributed by atoms with Crippen LogP contribution in [0.3, 0.4) is 0 Å². The molecular weight excluding hydrogens is 220 g/mol. The van der Waals surface area contributed by atoms with Gasteiger partial charge in [-0.15, -0.1) is 0 Å². The third-order valence-electron chi connectivity index (χ3n) is 3.60.